The van der Waals surface area contributed by atoms with Crippen molar-refractivity contribution in [2.24, 2.45) is 0 Å². The Bertz CT molecular complexity index is 1110. The van der Waals surface area contributed by atoms with Gasteiger partial charge in [-0.05, 0) is 54.6 Å². The third kappa shape index (κ3) is 4.33. The molecule has 1 aromatic heterocycles. The molecule has 0 spiro atoms. The van der Waals surface area contributed by atoms with Gasteiger partial charge in [-0.1, -0.05) is 35.3 Å². The predicted molar refractivity (Wildman–Crippen MR) is 117 cm³/mol. The molecule has 0 fully saturated rings. The van der Waals surface area contributed by atoms with Gasteiger partial charge in [0.1, 0.15) is 5.82 Å². The summed E-state index contributed by atoms with van der Waals surface area (Å²) in [6, 6.07) is 20.5. The van der Waals surface area contributed by atoms with Crippen LogP contribution in [0.5, 0.6) is 0 Å². The van der Waals surface area contributed by atoms with Crippen LogP contribution >= 0.6 is 35.0 Å². The lowest BCUT2D eigenvalue weighted by Gasteiger charge is -2.08. The number of anilines is 1. The van der Waals surface area contributed by atoms with Gasteiger partial charge in [0, 0.05) is 21.2 Å². The van der Waals surface area contributed by atoms with Gasteiger partial charge in [-0.15, -0.1) is 11.8 Å². The average molecular weight is 428 g/mol. The number of aromatic nitrogens is 2. The molecule has 0 aliphatic carbocycles. The Morgan fingerprint density at radius 2 is 1.82 bits per heavy atom. The summed E-state index contributed by atoms with van der Waals surface area (Å²) >= 11 is 13.7. The first kappa shape index (κ1) is 18.9. The highest BCUT2D eigenvalue weighted by Crippen LogP contribution is 2.30. The molecule has 4 aromatic rings. The van der Waals surface area contributed by atoms with Crippen LogP contribution in [0.3, 0.4) is 0 Å². The van der Waals surface area contributed by atoms with Crippen molar-refractivity contribution in [3.63, 3.8) is 0 Å². The molecular weight excluding hydrogens is 413 g/mol. The number of carbonyl (C=O) groups excluding carboxylic acids is 1. The van der Waals surface area contributed by atoms with Crippen LogP contribution in [-0.2, 0) is 4.79 Å². The predicted octanol–water partition coefficient (Wildman–Crippen LogP) is 6.27. The Labute approximate surface area is 176 Å². The van der Waals surface area contributed by atoms with Gasteiger partial charge < -0.3 is 10.3 Å². The van der Waals surface area contributed by atoms with Crippen LogP contribution in [0.25, 0.3) is 22.4 Å². The molecule has 140 valence electrons. The number of halogens is 2. The average Bonchev–Trinajstić information content (AvgIpc) is 3.13. The van der Waals surface area contributed by atoms with Crippen molar-refractivity contribution in [2.75, 3.05) is 11.1 Å². The zero-order valence-corrected chi connectivity index (χ0v) is 16.9. The largest absolute Gasteiger partial charge is 0.338 e. The van der Waals surface area contributed by atoms with E-state index in [1.807, 2.05) is 42.5 Å². The molecule has 0 saturated carbocycles. The van der Waals surface area contributed by atoms with E-state index in [2.05, 4.69) is 15.3 Å². The third-order valence-electron chi connectivity index (χ3n) is 4.08. The minimum Gasteiger partial charge on any atom is -0.338 e. The van der Waals surface area contributed by atoms with E-state index in [-0.39, 0.29) is 5.91 Å². The van der Waals surface area contributed by atoms with Crippen LogP contribution in [-0.4, -0.2) is 21.6 Å². The van der Waals surface area contributed by atoms with Gasteiger partial charge in [-0.2, -0.15) is 0 Å². The van der Waals surface area contributed by atoms with Crippen LogP contribution in [0.2, 0.25) is 10.0 Å². The number of benzene rings is 3. The second-order valence-corrected chi connectivity index (χ2v) is 7.98. The van der Waals surface area contributed by atoms with E-state index in [0.29, 0.717) is 27.3 Å². The molecule has 0 aliphatic rings. The highest BCUT2D eigenvalue weighted by atomic mass is 35.5. The maximum Gasteiger partial charge on any atom is 0.234 e. The second-order valence-electron chi connectivity index (χ2n) is 6.09. The first-order valence-corrected chi connectivity index (χ1v) is 10.3. The maximum atomic E-state index is 12.3. The smallest absolute Gasteiger partial charge is 0.234 e. The number of thioether (sulfide) groups is 1. The van der Waals surface area contributed by atoms with E-state index in [4.69, 9.17) is 23.2 Å². The Kier molecular flexibility index (Phi) is 5.57. The number of hydrogen-bond acceptors (Lipinski definition) is 3. The van der Waals surface area contributed by atoms with Crippen LogP contribution < -0.4 is 5.32 Å². The molecule has 3 aromatic carbocycles. The first-order chi connectivity index (χ1) is 13.6. The maximum absolute atomic E-state index is 12.3. The molecule has 0 bridgehead atoms. The van der Waals surface area contributed by atoms with Gasteiger partial charge in [0.05, 0.1) is 21.8 Å². The standard InChI is InChI=1S/C21H15Cl2N3OS/c22-13-5-8-15(9-6-13)28-12-20(27)24-14-7-10-17(23)16(11-14)21-25-18-3-1-2-4-19(18)26-21/h1-11H,12H2,(H,24,27)(H,25,26). The second kappa shape index (κ2) is 8.27. The molecule has 0 aliphatic heterocycles. The fourth-order valence-corrected chi connectivity index (χ4v) is 3.77. The van der Waals surface area contributed by atoms with E-state index >= 15 is 0 Å². The number of nitrogens with zero attached hydrogens (tertiary/aromatic N) is 1. The minimum absolute atomic E-state index is 0.0992. The van der Waals surface area contributed by atoms with Gasteiger partial charge in [-0.25, -0.2) is 4.98 Å². The number of hydrogen-bond donors (Lipinski definition) is 2. The molecular formula is C21H15Cl2N3OS. The van der Waals surface area contributed by atoms with Crippen LogP contribution in [0, 0.1) is 0 Å². The number of imidazole rings is 1. The minimum atomic E-state index is -0.0992. The fourth-order valence-electron chi connectivity index (χ4n) is 2.74. The Morgan fingerprint density at radius 1 is 1.04 bits per heavy atom. The molecule has 7 heteroatoms. The summed E-state index contributed by atoms with van der Waals surface area (Å²) in [5.41, 5.74) is 3.20. The van der Waals surface area contributed by atoms with E-state index in [1.54, 1.807) is 24.3 Å². The monoisotopic (exact) mass is 427 g/mol. The highest BCUT2D eigenvalue weighted by Gasteiger charge is 2.11. The topological polar surface area (TPSA) is 57.8 Å². The van der Waals surface area contributed by atoms with Crippen molar-refractivity contribution in [3.05, 3.63) is 76.8 Å². The van der Waals surface area contributed by atoms with E-state index in [9.17, 15) is 4.79 Å². The summed E-state index contributed by atoms with van der Waals surface area (Å²) in [5, 5.41) is 4.15. The van der Waals surface area contributed by atoms with Crippen molar-refractivity contribution in [1.29, 1.82) is 0 Å². The number of carbonyl (C=O) groups is 1. The lowest BCUT2D eigenvalue weighted by atomic mass is 10.2. The van der Waals surface area contributed by atoms with Gasteiger partial charge >= 0.3 is 0 Å². The summed E-state index contributed by atoms with van der Waals surface area (Å²) in [6.45, 7) is 0. The van der Waals surface area contributed by atoms with Crippen LogP contribution in [0.4, 0.5) is 5.69 Å². The number of H-pyrrole nitrogens is 1. The molecule has 0 saturated heterocycles. The third-order valence-corrected chi connectivity index (χ3v) is 5.67. The van der Waals surface area contributed by atoms with Gasteiger partial charge in [0.15, 0.2) is 0 Å². The highest BCUT2D eigenvalue weighted by molar-refractivity contribution is 8.00. The SMILES string of the molecule is O=C(CSc1ccc(Cl)cc1)Nc1ccc(Cl)c(-c2nc3ccccc3[nH]2)c1. The van der Waals surface area contributed by atoms with Crippen LogP contribution in [0.1, 0.15) is 0 Å². The first-order valence-electron chi connectivity index (χ1n) is 8.51. The number of rotatable bonds is 5. The molecule has 1 heterocycles. The number of aromatic amines is 1. The fraction of sp³-hybridized carbons (Fsp3) is 0.0476. The van der Waals surface area contributed by atoms with Gasteiger partial charge in [0.2, 0.25) is 5.91 Å². The van der Waals surface area contributed by atoms with Crippen molar-refractivity contribution >= 4 is 57.6 Å². The molecule has 4 nitrogen and oxygen atoms in total. The van der Waals surface area contributed by atoms with Crippen molar-refractivity contribution in [1.82, 2.24) is 9.97 Å². The summed E-state index contributed by atoms with van der Waals surface area (Å²) in [7, 11) is 0. The lowest BCUT2D eigenvalue weighted by molar-refractivity contribution is -0.113. The van der Waals surface area contributed by atoms with E-state index < -0.39 is 0 Å². The molecule has 28 heavy (non-hydrogen) atoms. The van der Waals surface area contributed by atoms with E-state index in [1.165, 1.54) is 11.8 Å². The van der Waals surface area contributed by atoms with Crippen molar-refractivity contribution in [2.45, 2.75) is 4.90 Å². The normalized spacial score (nSPS) is 10.9. The zero-order chi connectivity index (χ0) is 19.5. The lowest BCUT2D eigenvalue weighted by Crippen LogP contribution is -2.14. The Hall–Kier alpha value is -2.47. The molecule has 0 radical (unpaired) electrons. The molecule has 4 rings (SSSR count). The number of amides is 1. The summed E-state index contributed by atoms with van der Waals surface area (Å²) < 4.78 is 0. The van der Waals surface area contributed by atoms with Crippen molar-refractivity contribution in [3.8, 4) is 11.4 Å². The Balaban J connectivity index is 1.48. The van der Waals surface area contributed by atoms with E-state index in [0.717, 1.165) is 21.5 Å². The zero-order valence-electron chi connectivity index (χ0n) is 14.6. The quantitative estimate of drug-likeness (QED) is 0.369. The summed E-state index contributed by atoms with van der Waals surface area (Å²) in [6.07, 6.45) is 0. The molecule has 0 unspecified atom stereocenters. The van der Waals surface area contributed by atoms with Gasteiger partial charge in [0.25, 0.3) is 0 Å². The Morgan fingerprint density at radius 3 is 2.61 bits per heavy atom. The number of para-hydroxylation sites is 2. The molecule has 0 atom stereocenters. The molecule has 2 N–H and O–H groups in total. The van der Waals surface area contributed by atoms with Gasteiger partial charge in [-0.3, -0.25) is 4.79 Å². The number of fused-ring (bicyclic) bond motifs is 1. The van der Waals surface area contributed by atoms with Crippen LogP contribution in [0.15, 0.2) is 71.6 Å². The van der Waals surface area contributed by atoms with Crippen molar-refractivity contribution < 1.29 is 4.79 Å². The number of nitrogens with one attached hydrogen (secondary N) is 2. The summed E-state index contributed by atoms with van der Waals surface area (Å²) in [4.78, 5) is 21.1. The summed E-state index contributed by atoms with van der Waals surface area (Å²) in [5.74, 6) is 0.861. The molecule has 1 amide bonds.